The van der Waals surface area contributed by atoms with Crippen LogP contribution in [0.5, 0.6) is 0 Å². The number of amides is 1. The van der Waals surface area contributed by atoms with E-state index in [4.69, 9.17) is 0 Å². The van der Waals surface area contributed by atoms with Crippen LogP contribution in [0.3, 0.4) is 0 Å². The van der Waals surface area contributed by atoms with Gasteiger partial charge in [-0.1, -0.05) is 20.3 Å². The minimum absolute atomic E-state index is 0.400. The second-order valence-electron chi connectivity index (χ2n) is 6.78. The Morgan fingerprint density at radius 3 is 2.47 bits per heavy atom. The first-order valence-corrected chi connectivity index (χ1v) is 8.11. The lowest BCUT2D eigenvalue weighted by atomic mass is 9.78. The summed E-state index contributed by atoms with van der Waals surface area (Å²) in [7, 11) is 0. The average Bonchev–Trinajstić information content (AvgIpc) is 2.47. The molecule has 19 heavy (non-hydrogen) atoms. The van der Waals surface area contributed by atoms with E-state index >= 15 is 0 Å². The SMILES string of the molecule is CCC1(C)CCN(C(=O)CCC2CCNCC2)CC1. The number of likely N-dealkylation sites (tertiary alicyclic amines) is 1. The van der Waals surface area contributed by atoms with Gasteiger partial charge in [0.25, 0.3) is 0 Å². The zero-order valence-corrected chi connectivity index (χ0v) is 12.7. The number of nitrogens with one attached hydrogen (secondary N) is 1. The van der Waals surface area contributed by atoms with Gasteiger partial charge in [0.1, 0.15) is 0 Å². The number of carbonyl (C=O) groups is 1. The van der Waals surface area contributed by atoms with Gasteiger partial charge in [-0.2, -0.15) is 0 Å². The lowest BCUT2D eigenvalue weighted by Crippen LogP contribution is -2.42. The Morgan fingerprint density at radius 2 is 1.89 bits per heavy atom. The summed E-state index contributed by atoms with van der Waals surface area (Å²) < 4.78 is 0. The lowest BCUT2D eigenvalue weighted by molar-refractivity contribution is -0.133. The molecule has 110 valence electrons. The highest BCUT2D eigenvalue weighted by atomic mass is 16.2. The minimum Gasteiger partial charge on any atom is -0.343 e. The van der Waals surface area contributed by atoms with Crippen LogP contribution in [0.4, 0.5) is 0 Å². The quantitative estimate of drug-likeness (QED) is 0.848. The molecule has 0 aromatic carbocycles. The van der Waals surface area contributed by atoms with Crippen molar-refractivity contribution in [3.05, 3.63) is 0 Å². The molecule has 2 rings (SSSR count). The summed E-state index contributed by atoms with van der Waals surface area (Å²) in [6.45, 7) is 8.87. The van der Waals surface area contributed by atoms with Gasteiger partial charge < -0.3 is 10.2 Å². The predicted molar refractivity (Wildman–Crippen MR) is 79.0 cm³/mol. The van der Waals surface area contributed by atoms with E-state index in [1.54, 1.807) is 0 Å². The Hall–Kier alpha value is -0.570. The first kappa shape index (κ1) is 14.8. The molecule has 1 N–H and O–H groups in total. The fourth-order valence-corrected chi connectivity index (χ4v) is 3.31. The molecule has 0 spiro atoms. The van der Waals surface area contributed by atoms with Gasteiger partial charge in [0.2, 0.25) is 5.91 Å². The number of piperidine rings is 2. The van der Waals surface area contributed by atoms with Crippen molar-refractivity contribution in [2.45, 2.75) is 58.8 Å². The molecule has 0 aromatic heterocycles. The molecule has 1 amide bonds. The van der Waals surface area contributed by atoms with E-state index in [9.17, 15) is 4.79 Å². The molecule has 2 aliphatic rings. The summed E-state index contributed by atoms with van der Waals surface area (Å²) in [5, 5.41) is 3.39. The fraction of sp³-hybridized carbons (Fsp3) is 0.938. The highest BCUT2D eigenvalue weighted by Crippen LogP contribution is 2.34. The predicted octanol–water partition coefficient (Wildman–Crippen LogP) is 2.80. The minimum atomic E-state index is 0.400. The molecule has 0 aromatic rings. The molecule has 0 unspecified atom stereocenters. The summed E-state index contributed by atoms with van der Waals surface area (Å²) in [4.78, 5) is 14.4. The summed E-state index contributed by atoms with van der Waals surface area (Å²) >= 11 is 0. The van der Waals surface area contributed by atoms with Gasteiger partial charge in [-0.3, -0.25) is 4.79 Å². The molecular formula is C16H30N2O. The maximum absolute atomic E-state index is 12.3. The molecule has 0 radical (unpaired) electrons. The van der Waals surface area contributed by atoms with Crippen molar-refractivity contribution in [2.24, 2.45) is 11.3 Å². The molecule has 2 fully saturated rings. The zero-order valence-electron chi connectivity index (χ0n) is 12.7. The van der Waals surface area contributed by atoms with Gasteiger partial charge in [0.15, 0.2) is 0 Å². The molecule has 0 saturated carbocycles. The second-order valence-corrected chi connectivity index (χ2v) is 6.78. The largest absolute Gasteiger partial charge is 0.343 e. The summed E-state index contributed by atoms with van der Waals surface area (Å²) in [6.07, 6.45) is 7.98. The van der Waals surface area contributed by atoms with Crippen LogP contribution in [0.25, 0.3) is 0 Å². The Morgan fingerprint density at radius 1 is 1.26 bits per heavy atom. The van der Waals surface area contributed by atoms with Crippen molar-refractivity contribution in [1.82, 2.24) is 10.2 Å². The summed E-state index contributed by atoms with van der Waals surface area (Å²) in [5.41, 5.74) is 0.478. The van der Waals surface area contributed by atoms with Crippen molar-refractivity contribution in [2.75, 3.05) is 26.2 Å². The average molecular weight is 266 g/mol. The Labute approximate surface area is 118 Å². The normalized spacial score (nSPS) is 24.4. The molecule has 3 nitrogen and oxygen atoms in total. The van der Waals surface area contributed by atoms with Crippen LogP contribution in [-0.4, -0.2) is 37.0 Å². The topological polar surface area (TPSA) is 32.3 Å². The van der Waals surface area contributed by atoms with E-state index in [0.29, 0.717) is 11.3 Å². The monoisotopic (exact) mass is 266 g/mol. The molecule has 0 bridgehead atoms. The van der Waals surface area contributed by atoms with Crippen LogP contribution >= 0.6 is 0 Å². The third kappa shape index (κ3) is 4.20. The smallest absolute Gasteiger partial charge is 0.222 e. The van der Waals surface area contributed by atoms with Gasteiger partial charge >= 0.3 is 0 Å². The van der Waals surface area contributed by atoms with Crippen molar-refractivity contribution in [3.63, 3.8) is 0 Å². The van der Waals surface area contributed by atoms with Crippen LogP contribution in [0.2, 0.25) is 0 Å². The van der Waals surface area contributed by atoms with Gasteiger partial charge in [-0.15, -0.1) is 0 Å². The second kappa shape index (κ2) is 6.74. The van der Waals surface area contributed by atoms with Crippen molar-refractivity contribution in [3.8, 4) is 0 Å². The van der Waals surface area contributed by atoms with Crippen molar-refractivity contribution in [1.29, 1.82) is 0 Å². The summed E-state index contributed by atoms with van der Waals surface area (Å²) in [5.74, 6) is 1.17. The van der Waals surface area contributed by atoms with Crippen LogP contribution in [0.1, 0.15) is 58.8 Å². The van der Waals surface area contributed by atoms with E-state index in [-0.39, 0.29) is 0 Å². The number of carbonyl (C=O) groups excluding carboxylic acids is 1. The van der Waals surface area contributed by atoms with Gasteiger partial charge in [0, 0.05) is 19.5 Å². The first-order chi connectivity index (χ1) is 9.13. The van der Waals surface area contributed by atoms with E-state index in [2.05, 4.69) is 24.1 Å². The number of hydrogen-bond acceptors (Lipinski definition) is 2. The standard InChI is InChI=1S/C16H30N2O/c1-3-16(2)8-12-18(13-9-16)15(19)5-4-14-6-10-17-11-7-14/h14,17H,3-13H2,1-2H3. The lowest BCUT2D eigenvalue weighted by Gasteiger charge is -2.39. The molecular weight excluding hydrogens is 236 g/mol. The fourth-order valence-electron chi connectivity index (χ4n) is 3.31. The Bertz CT molecular complexity index is 289. The van der Waals surface area contributed by atoms with Gasteiger partial charge in [-0.05, 0) is 56.5 Å². The first-order valence-electron chi connectivity index (χ1n) is 8.11. The molecule has 0 atom stereocenters. The van der Waals surface area contributed by atoms with E-state index < -0.39 is 0 Å². The molecule has 2 aliphatic heterocycles. The van der Waals surface area contributed by atoms with Crippen LogP contribution < -0.4 is 5.32 Å². The van der Waals surface area contributed by atoms with Crippen LogP contribution in [0.15, 0.2) is 0 Å². The third-order valence-electron chi connectivity index (χ3n) is 5.40. The molecule has 0 aliphatic carbocycles. The molecule has 2 saturated heterocycles. The van der Waals surface area contributed by atoms with Crippen LogP contribution in [0, 0.1) is 11.3 Å². The van der Waals surface area contributed by atoms with Crippen molar-refractivity contribution >= 4 is 5.91 Å². The van der Waals surface area contributed by atoms with Crippen molar-refractivity contribution < 1.29 is 4.79 Å². The maximum Gasteiger partial charge on any atom is 0.222 e. The number of hydrogen-bond donors (Lipinski definition) is 1. The highest BCUT2D eigenvalue weighted by Gasteiger charge is 2.30. The zero-order chi connectivity index (χ0) is 13.7. The number of rotatable bonds is 4. The summed E-state index contributed by atoms with van der Waals surface area (Å²) in [6, 6.07) is 0. The Balaban J connectivity index is 1.69. The van der Waals surface area contributed by atoms with E-state index in [1.165, 1.54) is 32.1 Å². The van der Waals surface area contributed by atoms with E-state index in [1.807, 2.05) is 0 Å². The van der Waals surface area contributed by atoms with Gasteiger partial charge in [-0.25, -0.2) is 0 Å². The van der Waals surface area contributed by atoms with Crippen LogP contribution in [-0.2, 0) is 4.79 Å². The Kier molecular flexibility index (Phi) is 5.26. The molecule has 2 heterocycles. The third-order valence-corrected chi connectivity index (χ3v) is 5.40. The van der Waals surface area contributed by atoms with Gasteiger partial charge in [0.05, 0.1) is 0 Å². The highest BCUT2D eigenvalue weighted by molar-refractivity contribution is 5.76. The number of nitrogens with zero attached hydrogens (tertiary/aromatic N) is 1. The van der Waals surface area contributed by atoms with E-state index in [0.717, 1.165) is 44.9 Å². The molecule has 3 heteroatoms. The maximum atomic E-state index is 12.3.